The zero-order valence-electron chi connectivity index (χ0n) is 13.1. The van der Waals surface area contributed by atoms with Crippen molar-refractivity contribution in [1.29, 1.82) is 0 Å². The van der Waals surface area contributed by atoms with Crippen molar-refractivity contribution in [1.82, 2.24) is 4.90 Å². The lowest BCUT2D eigenvalue weighted by Crippen LogP contribution is -2.60. The van der Waals surface area contributed by atoms with Crippen molar-refractivity contribution in [2.75, 3.05) is 19.8 Å². The maximum atomic E-state index is 12.4. The number of hydrogen-bond donors (Lipinski definition) is 1. The summed E-state index contributed by atoms with van der Waals surface area (Å²) in [6.07, 6.45) is 2.43. The Morgan fingerprint density at radius 1 is 1.65 bits per heavy atom. The van der Waals surface area contributed by atoms with Crippen LogP contribution in [0.15, 0.2) is 23.3 Å². The van der Waals surface area contributed by atoms with Crippen LogP contribution in [0.2, 0.25) is 0 Å². The number of hydrogen-bond acceptors (Lipinski definition) is 6. The first kappa shape index (κ1) is 16.5. The molecule has 0 aromatic rings. The van der Waals surface area contributed by atoms with Crippen molar-refractivity contribution in [3.05, 3.63) is 23.3 Å². The number of ether oxygens (including phenoxy) is 2. The van der Waals surface area contributed by atoms with E-state index in [2.05, 4.69) is 6.58 Å². The molecule has 23 heavy (non-hydrogen) atoms. The van der Waals surface area contributed by atoms with E-state index in [0.29, 0.717) is 24.6 Å². The molecule has 3 heterocycles. The lowest BCUT2D eigenvalue weighted by atomic mass is 9.92. The van der Waals surface area contributed by atoms with Gasteiger partial charge in [-0.05, 0) is 25.7 Å². The summed E-state index contributed by atoms with van der Waals surface area (Å²) in [5.41, 5.74) is 0.343. The number of aliphatic hydroxyl groups excluding tert-OH is 1. The van der Waals surface area contributed by atoms with Gasteiger partial charge in [-0.25, -0.2) is 4.79 Å². The van der Waals surface area contributed by atoms with Gasteiger partial charge in [-0.15, -0.1) is 11.8 Å². The molecule has 1 amide bonds. The number of allylic oxidation sites excluding steroid dienone is 1. The Bertz CT molecular complexity index is 553. The smallest absolute Gasteiger partial charge is 0.356 e. The number of β-lactam (4-membered cyclic amide) rings is 1. The SMILES string of the molecule is C=CCOC(=O)C1=C(CC2CCOC2)S[C@H]2C(C(C)O)C(=O)N12. The number of esters is 1. The summed E-state index contributed by atoms with van der Waals surface area (Å²) in [5.74, 6) is -0.801. The minimum atomic E-state index is -0.726. The Hall–Kier alpha value is -1.31. The Kier molecular flexibility index (Phi) is 4.79. The molecule has 0 aromatic heterocycles. The molecule has 0 radical (unpaired) electrons. The standard InChI is InChI=1S/C16H21NO5S/c1-3-5-22-16(20)13-11(7-10-4-6-21-8-10)23-15-12(9(2)18)14(19)17(13)15/h3,9-10,12,15,18H,1,4-8H2,2H3/t9?,10?,12?,15-/m0/s1. The highest BCUT2D eigenvalue weighted by molar-refractivity contribution is 8.04. The van der Waals surface area contributed by atoms with Crippen LogP contribution in [0.1, 0.15) is 19.8 Å². The monoisotopic (exact) mass is 339 g/mol. The van der Waals surface area contributed by atoms with Crippen molar-refractivity contribution in [2.45, 2.75) is 31.2 Å². The van der Waals surface area contributed by atoms with Gasteiger partial charge in [0.15, 0.2) is 0 Å². The molecule has 4 atom stereocenters. The van der Waals surface area contributed by atoms with Gasteiger partial charge in [0.25, 0.3) is 0 Å². The molecule has 3 unspecified atom stereocenters. The van der Waals surface area contributed by atoms with Crippen molar-refractivity contribution >= 4 is 23.6 Å². The second-order valence-electron chi connectivity index (χ2n) is 6.08. The lowest BCUT2D eigenvalue weighted by molar-refractivity contribution is -0.157. The van der Waals surface area contributed by atoms with Gasteiger partial charge in [0.05, 0.1) is 12.0 Å². The van der Waals surface area contributed by atoms with E-state index < -0.39 is 18.0 Å². The highest BCUT2D eigenvalue weighted by Crippen LogP contribution is 2.52. The van der Waals surface area contributed by atoms with Gasteiger partial charge >= 0.3 is 5.97 Å². The number of amides is 1. The fraction of sp³-hybridized carbons (Fsp3) is 0.625. The molecule has 3 aliphatic rings. The summed E-state index contributed by atoms with van der Waals surface area (Å²) in [5, 5.41) is 9.59. The number of aliphatic hydroxyl groups is 1. The molecule has 3 rings (SSSR count). The molecule has 0 saturated carbocycles. The molecule has 126 valence electrons. The molecular formula is C16H21NO5S. The highest BCUT2D eigenvalue weighted by atomic mass is 32.2. The largest absolute Gasteiger partial charge is 0.457 e. The van der Waals surface area contributed by atoms with Gasteiger partial charge in [0.2, 0.25) is 5.91 Å². The first-order valence-electron chi connectivity index (χ1n) is 7.81. The van der Waals surface area contributed by atoms with Crippen LogP contribution in [-0.2, 0) is 19.1 Å². The molecule has 2 fully saturated rings. The fourth-order valence-electron chi connectivity index (χ4n) is 3.20. The normalized spacial score (nSPS) is 31.0. The van der Waals surface area contributed by atoms with Crippen LogP contribution in [0.5, 0.6) is 0 Å². The number of nitrogens with zero attached hydrogens (tertiary/aromatic N) is 1. The van der Waals surface area contributed by atoms with Crippen LogP contribution in [0.3, 0.4) is 0 Å². The maximum absolute atomic E-state index is 12.4. The summed E-state index contributed by atoms with van der Waals surface area (Å²) >= 11 is 1.50. The van der Waals surface area contributed by atoms with Gasteiger partial charge in [-0.1, -0.05) is 12.7 Å². The Morgan fingerprint density at radius 2 is 2.43 bits per heavy atom. The van der Waals surface area contributed by atoms with E-state index in [1.54, 1.807) is 6.92 Å². The molecule has 0 aromatic carbocycles. The molecule has 0 bridgehead atoms. The van der Waals surface area contributed by atoms with Crippen molar-refractivity contribution in [3.8, 4) is 0 Å². The van der Waals surface area contributed by atoms with Crippen LogP contribution in [0.4, 0.5) is 0 Å². The Morgan fingerprint density at radius 3 is 3.04 bits per heavy atom. The minimum absolute atomic E-state index is 0.110. The average molecular weight is 339 g/mol. The molecule has 6 nitrogen and oxygen atoms in total. The Balaban J connectivity index is 1.81. The molecule has 2 saturated heterocycles. The van der Waals surface area contributed by atoms with Crippen LogP contribution in [0.25, 0.3) is 0 Å². The average Bonchev–Trinajstić information content (AvgIpc) is 3.11. The number of thioether (sulfide) groups is 1. The first-order chi connectivity index (χ1) is 11.0. The van der Waals surface area contributed by atoms with E-state index in [-0.39, 0.29) is 17.9 Å². The van der Waals surface area contributed by atoms with E-state index in [4.69, 9.17) is 9.47 Å². The summed E-state index contributed by atoms with van der Waals surface area (Å²) in [6.45, 7) is 6.67. The zero-order valence-corrected chi connectivity index (χ0v) is 13.9. The summed E-state index contributed by atoms with van der Waals surface area (Å²) in [7, 11) is 0. The van der Waals surface area contributed by atoms with E-state index in [1.165, 1.54) is 22.7 Å². The van der Waals surface area contributed by atoms with Crippen molar-refractivity contribution < 1.29 is 24.2 Å². The molecule has 0 spiro atoms. The first-order valence-corrected chi connectivity index (χ1v) is 8.69. The van der Waals surface area contributed by atoms with Crippen LogP contribution >= 0.6 is 11.8 Å². The van der Waals surface area contributed by atoms with Crippen molar-refractivity contribution in [2.24, 2.45) is 11.8 Å². The van der Waals surface area contributed by atoms with Gasteiger partial charge < -0.3 is 14.6 Å². The second-order valence-corrected chi connectivity index (χ2v) is 7.29. The Labute approximate surface area is 139 Å². The molecule has 3 aliphatic heterocycles. The van der Waals surface area contributed by atoms with Gasteiger partial charge in [0.1, 0.15) is 17.7 Å². The quantitative estimate of drug-likeness (QED) is 0.446. The van der Waals surface area contributed by atoms with Crippen LogP contribution in [-0.4, -0.2) is 53.2 Å². The van der Waals surface area contributed by atoms with Crippen LogP contribution < -0.4 is 0 Å². The predicted molar refractivity (Wildman–Crippen MR) is 85.1 cm³/mol. The van der Waals surface area contributed by atoms with E-state index >= 15 is 0 Å². The number of fused-ring (bicyclic) bond motifs is 1. The molecule has 0 aliphatic carbocycles. The predicted octanol–water partition coefficient (Wildman–Crippen LogP) is 1.27. The van der Waals surface area contributed by atoms with Gasteiger partial charge in [-0.3, -0.25) is 9.69 Å². The third-order valence-electron chi connectivity index (χ3n) is 4.40. The third kappa shape index (κ3) is 2.93. The molecule has 1 N–H and O–H groups in total. The van der Waals surface area contributed by atoms with E-state index in [9.17, 15) is 14.7 Å². The zero-order chi connectivity index (χ0) is 16.6. The second kappa shape index (κ2) is 6.67. The van der Waals surface area contributed by atoms with Crippen LogP contribution in [0, 0.1) is 11.8 Å². The minimum Gasteiger partial charge on any atom is -0.457 e. The maximum Gasteiger partial charge on any atom is 0.356 e. The van der Waals surface area contributed by atoms with Crippen molar-refractivity contribution in [3.63, 3.8) is 0 Å². The molecular weight excluding hydrogens is 318 g/mol. The topological polar surface area (TPSA) is 76.1 Å². The number of rotatable bonds is 6. The molecule has 7 heteroatoms. The summed E-state index contributed by atoms with van der Waals surface area (Å²) < 4.78 is 10.5. The number of carbonyl (C=O) groups is 2. The summed E-state index contributed by atoms with van der Waals surface area (Å²) in [4.78, 5) is 27.0. The third-order valence-corrected chi connectivity index (χ3v) is 5.79. The van der Waals surface area contributed by atoms with E-state index in [0.717, 1.165) is 17.9 Å². The number of carbonyl (C=O) groups excluding carboxylic acids is 2. The fourth-order valence-corrected chi connectivity index (χ4v) is 4.92. The lowest BCUT2D eigenvalue weighted by Gasteiger charge is -2.43. The van der Waals surface area contributed by atoms with Gasteiger partial charge in [0, 0.05) is 18.1 Å². The van der Waals surface area contributed by atoms with E-state index in [1.807, 2.05) is 0 Å². The van der Waals surface area contributed by atoms with Gasteiger partial charge in [-0.2, -0.15) is 0 Å². The summed E-state index contributed by atoms with van der Waals surface area (Å²) in [6, 6.07) is 0. The highest BCUT2D eigenvalue weighted by Gasteiger charge is 2.57.